The Bertz CT molecular complexity index is 892. The van der Waals surface area contributed by atoms with Crippen molar-refractivity contribution in [2.24, 2.45) is 4.99 Å². The molecule has 0 aliphatic heterocycles. The van der Waals surface area contributed by atoms with Gasteiger partial charge in [-0.05, 0) is 30.2 Å². The van der Waals surface area contributed by atoms with Crippen LogP contribution in [0.4, 0.5) is 5.69 Å². The highest BCUT2D eigenvalue weighted by Crippen LogP contribution is 2.17. The molecule has 4 N–H and O–H groups in total. The van der Waals surface area contributed by atoms with Crippen LogP contribution in [-0.4, -0.2) is 37.0 Å². The first-order valence-corrected chi connectivity index (χ1v) is 8.60. The second-order valence-electron chi connectivity index (χ2n) is 5.88. The van der Waals surface area contributed by atoms with Crippen molar-refractivity contribution < 1.29 is 4.79 Å². The zero-order chi connectivity index (χ0) is 18.2. The molecule has 0 unspecified atom stereocenters. The highest BCUT2D eigenvalue weighted by Gasteiger charge is 2.05. The average Bonchev–Trinajstić information content (AvgIpc) is 3.08. The Morgan fingerprint density at radius 3 is 2.56 bits per heavy atom. The van der Waals surface area contributed by atoms with Gasteiger partial charge in [-0.25, -0.2) is 0 Å². The van der Waals surface area contributed by atoms with Crippen molar-refractivity contribution in [3.63, 3.8) is 0 Å². The number of halogens is 1. The molecule has 0 aliphatic carbocycles. The van der Waals surface area contributed by atoms with Crippen LogP contribution in [0.3, 0.4) is 0 Å². The molecular weight excluding hydrogens is 453 g/mol. The number of guanidine groups is 1. The number of aliphatic imine (C=N–C) groups is 1. The van der Waals surface area contributed by atoms with Crippen molar-refractivity contribution in [1.82, 2.24) is 15.6 Å². The number of anilines is 1. The molecule has 0 aliphatic rings. The fraction of sp³-hybridized carbons (Fsp3) is 0.200. The third-order valence-corrected chi connectivity index (χ3v) is 4.06. The first-order chi connectivity index (χ1) is 12.8. The lowest BCUT2D eigenvalue weighted by Gasteiger charge is -2.12. The Balaban J connectivity index is 0.00000261. The molecule has 0 spiro atoms. The number of aromatic amines is 1. The molecule has 2 aromatic carbocycles. The minimum Gasteiger partial charge on any atom is -0.361 e. The van der Waals surface area contributed by atoms with E-state index < -0.39 is 0 Å². The highest BCUT2D eigenvalue weighted by molar-refractivity contribution is 14.0. The van der Waals surface area contributed by atoms with Crippen LogP contribution >= 0.6 is 24.0 Å². The smallest absolute Gasteiger partial charge is 0.243 e. The molecule has 0 saturated heterocycles. The van der Waals surface area contributed by atoms with E-state index in [-0.39, 0.29) is 36.4 Å². The number of hydrogen-bond acceptors (Lipinski definition) is 2. The van der Waals surface area contributed by atoms with E-state index in [9.17, 15) is 4.79 Å². The Morgan fingerprint density at radius 2 is 1.78 bits per heavy atom. The van der Waals surface area contributed by atoms with Gasteiger partial charge in [-0.2, -0.15) is 0 Å². The molecule has 1 aromatic heterocycles. The van der Waals surface area contributed by atoms with Crippen LogP contribution in [0.25, 0.3) is 10.9 Å². The summed E-state index contributed by atoms with van der Waals surface area (Å²) in [6, 6.07) is 17.6. The van der Waals surface area contributed by atoms with E-state index in [1.807, 2.05) is 48.7 Å². The third kappa shape index (κ3) is 5.99. The van der Waals surface area contributed by atoms with Crippen molar-refractivity contribution in [3.8, 4) is 0 Å². The van der Waals surface area contributed by atoms with Crippen LogP contribution in [0.15, 0.2) is 65.8 Å². The normalized spacial score (nSPS) is 10.9. The molecule has 0 atom stereocenters. The van der Waals surface area contributed by atoms with Gasteiger partial charge in [-0.1, -0.05) is 36.4 Å². The topological polar surface area (TPSA) is 81.3 Å². The number of H-pyrrole nitrogens is 1. The van der Waals surface area contributed by atoms with Crippen LogP contribution in [0.5, 0.6) is 0 Å². The summed E-state index contributed by atoms with van der Waals surface area (Å²) in [6.45, 7) is 0.878. The maximum Gasteiger partial charge on any atom is 0.243 e. The molecule has 7 heteroatoms. The standard InChI is InChI=1S/C20H23N5O.HI/c1-21-20(24-14-19(26)25-16-7-3-2-4-8-16)22-12-11-15-13-23-18-10-6-5-9-17(15)18;/h2-10,13,23H,11-12,14H2,1H3,(H,25,26)(H2,21,22,24);1H. The van der Waals surface area contributed by atoms with Crippen molar-refractivity contribution in [3.05, 3.63) is 66.4 Å². The molecule has 0 saturated carbocycles. The van der Waals surface area contributed by atoms with E-state index in [4.69, 9.17) is 0 Å². The number of benzene rings is 2. The minimum atomic E-state index is -0.115. The molecule has 1 heterocycles. The van der Waals surface area contributed by atoms with Gasteiger partial charge in [-0.3, -0.25) is 9.79 Å². The average molecular weight is 477 g/mol. The molecule has 1 amide bonds. The monoisotopic (exact) mass is 477 g/mol. The number of nitrogens with one attached hydrogen (secondary N) is 4. The predicted octanol–water partition coefficient (Wildman–Crippen LogP) is 3.13. The van der Waals surface area contributed by atoms with Gasteiger partial charge in [0.1, 0.15) is 0 Å². The highest BCUT2D eigenvalue weighted by atomic mass is 127. The predicted molar refractivity (Wildman–Crippen MR) is 122 cm³/mol. The van der Waals surface area contributed by atoms with Gasteiger partial charge < -0.3 is 20.9 Å². The third-order valence-electron chi connectivity index (χ3n) is 4.06. The summed E-state index contributed by atoms with van der Waals surface area (Å²) in [6.07, 6.45) is 2.90. The van der Waals surface area contributed by atoms with Gasteiger partial charge in [0.15, 0.2) is 5.96 Å². The number of nitrogens with zero attached hydrogens (tertiary/aromatic N) is 1. The number of hydrogen-bond donors (Lipinski definition) is 4. The molecular formula is C20H24IN5O. The van der Waals surface area contributed by atoms with E-state index in [2.05, 4.69) is 38.1 Å². The zero-order valence-corrected chi connectivity index (χ0v) is 17.5. The van der Waals surface area contributed by atoms with Crippen LogP contribution in [0.2, 0.25) is 0 Å². The zero-order valence-electron chi connectivity index (χ0n) is 15.2. The molecule has 6 nitrogen and oxygen atoms in total. The summed E-state index contributed by atoms with van der Waals surface area (Å²) in [5.74, 6) is 0.490. The number of carbonyl (C=O) groups excluding carboxylic acids is 1. The van der Waals surface area contributed by atoms with E-state index >= 15 is 0 Å². The van der Waals surface area contributed by atoms with E-state index in [0.29, 0.717) is 5.96 Å². The molecule has 27 heavy (non-hydrogen) atoms. The summed E-state index contributed by atoms with van der Waals surface area (Å²) in [5, 5.41) is 10.3. The number of para-hydroxylation sites is 2. The number of carbonyl (C=O) groups is 1. The molecule has 142 valence electrons. The van der Waals surface area contributed by atoms with Gasteiger partial charge in [0.05, 0.1) is 6.54 Å². The Kier molecular flexibility index (Phi) is 8.12. The van der Waals surface area contributed by atoms with Crippen molar-refractivity contribution in [2.75, 3.05) is 25.5 Å². The second kappa shape index (κ2) is 10.6. The molecule has 0 bridgehead atoms. The molecule has 3 rings (SSSR count). The van der Waals surface area contributed by atoms with Gasteiger partial charge >= 0.3 is 0 Å². The minimum absolute atomic E-state index is 0. The Morgan fingerprint density at radius 1 is 1.04 bits per heavy atom. The number of fused-ring (bicyclic) bond motifs is 1. The van der Waals surface area contributed by atoms with Crippen LogP contribution in [0.1, 0.15) is 5.56 Å². The lowest BCUT2D eigenvalue weighted by Crippen LogP contribution is -2.42. The quantitative estimate of drug-likeness (QED) is 0.250. The molecule has 3 aromatic rings. The van der Waals surface area contributed by atoms with Crippen molar-refractivity contribution >= 4 is 52.4 Å². The lowest BCUT2D eigenvalue weighted by atomic mass is 10.1. The van der Waals surface area contributed by atoms with Gasteiger partial charge in [0.25, 0.3) is 0 Å². The van der Waals surface area contributed by atoms with E-state index in [1.54, 1.807) is 7.05 Å². The summed E-state index contributed by atoms with van der Waals surface area (Å²) >= 11 is 0. The number of aromatic nitrogens is 1. The summed E-state index contributed by atoms with van der Waals surface area (Å²) in [4.78, 5) is 19.4. The maximum atomic E-state index is 12.0. The van der Waals surface area contributed by atoms with Gasteiger partial charge in [0, 0.05) is 36.4 Å². The first-order valence-electron chi connectivity index (χ1n) is 8.60. The van der Waals surface area contributed by atoms with Crippen LogP contribution in [0, 0.1) is 0 Å². The Hall–Kier alpha value is -2.55. The molecule has 0 fully saturated rings. The summed E-state index contributed by atoms with van der Waals surface area (Å²) in [7, 11) is 1.69. The molecule has 0 radical (unpaired) electrons. The van der Waals surface area contributed by atoms with E-state index in [1.165, 1.54) is 10.9 Å². The largest absolute Gasteiger partial charge is 0.361 e. The van der Waals surface area contributed by atoms with Gasteiger partial charge in [0.2, 0.25) is 5.91 Å². The summed E-state index contributed by atoms with van der Waals surface area (Å²) in [5.41, 5.74) is 3.18. The van der Waals surface area contributed by atoms with Crippen LogP contribution in [-0.2, 0) is 11.2 Å². The Labute approximate surface area is 175 Å². The number of amides is 1. The van der Waals surface area contributed by atoms with Crippen molar-refractivity contribution in [2.45, 2.75) is 6.42 Å². The lowest BCUT2D eigenvalue weighted by molar-refractivity contribution is -0.115. The second-order valence-corrected chi connectivity index (χ2v) is 5.88. The fourth-order valence-electron chi connectivity index (χ4n) is 2.77. The first kappa shape index (κ1) is 20.8. The van der Waals surface area contributed by atoms with Gasteiger partial charge in [-0.15, -0.1) is 24.0 Å². The fourth-order valence-corrected chi connectivity index (χ4v) is 2.77. The van der Waals surface area contributed by atoms with E-state index in [0.717, 1.165) is 24.2 Å². The number of rotatable bonds is 6. The van der Waals surface area contributed by atoms with Crippen LogP contribution < -0.4 is 16.0 Å². The SMILES string of the molecule is CN=C(NCCc1c[nH]c2ccccc12)NCC(=O)Nc1ccccc1.I. The maximum absolute atomic E-state index is 12.0. The van der Waals surface area contributed by atoms with Crippen molar-refractivity contribution in [1.29, 1.82) is 0 Å². The summed E-state index contributed by atoms with van der Waals surface area (Å²) < 4.78 is 0.